The second kappa shape index (κ2) is 7.99. The SMILES string of the molecule is O=C(O)c1nnnn1[N+](=O)[O-].O=C(O)c1nnnn1[N+](=O)[O-].[Cu]. The van der Waals surface area contributed by atoms with Gasteiger partial charge in [-0.15, -0.1) is 0 Å². The Kier molecular flexibility index (Phi) is 6.74. The molecule has 2 rings (SSSR count). The van der Waals surface area contributed by atoms with Gasteiger partial charge in [-0.05, 0) is 0 Å². The van der Waals surface area contributed by atoms with Crippen LogP contribution in [0.4, 0.5) is 0 Å². The molecule has 0 bridgehead atoms. The first-order chi connectivity index (χ1) is 10.3. The van der Waals surface area contributed by atoms with Crippen molar-refractivity contribution >= 4 is 11.9 Å². The van der Waals surface area contributed by atoms with E-state index in [4.69, 9.17) is 10.2 Å². The average Bonchev–Trinajstić information content (AvgIpc) is 3.08. The molecule has 2 aromatic rings. The minimum absolute atomic E-state index is 0. The maximum atomic E-state index is 10.1. The molecule has 2 N–H and O–H groups in total. The van der Waals surface area contributed by atoms with Crippen LogP contribution in [0.5, 0.6) is 0 Å². The van der Waals surface area contributed by atoms with Gasteiger partial charge < -0.3 is 30.4 Å². The zero-order chi connectivity index (χ0) is 16.9. The van der Waals surface area contributed by atoms with Gasteiger partial charge in [-0.3, -0.25) is 0 Å². The third-order valence-corrected chi connectivity index (χ3v) is 1.60. The van der Waals surface area contributed by atoms with Gasteiger partial charge in [0.15, 0.2) is 0 Å². The van der Waals surface area contributed by atoms with E-state index in [1.54, 1.807) is 0 Å². The number of hydrogen-bond acceptors (Lipinski definition) is 12. The van der Waals surface area contributed by atoms with Crippen LogP contribution in [-0.2, 0) is 17.1 Å². The molecule has 0 aromatic carbocycles. The summed E-state index contributed by atoms with van der Waals surface area (Å²) in [6.45, 7) is 0. The molecule has 0 saturated carbocycles. The molecule has 0 unspecified atom stereocenters. The molecule has 2 aromatic heterocycles. The standard InChI is InChI=1S/2C2HN5O4.Cu/c2*8-2(9)1-3-4-5-6(1)7(10)11;/h2*(H,8,9);. The Morgan fingerprint density at radius 1 is 0.870 bits per heavy atom. The monoisotopic (exact) mass is 381 g/mol. The summed E-state index contributed by atoms with van der Waals surface area (Å²) in [7, 11) is 0. The molecule has 0 aliphatic carbocycles. The quantitative estimate of drug-likeness (QED) is 0.301. The number of aromatic nitrogens is 8. The van der Waals surface area contributed by atoms with Gasteiger partial charge in [0.25, 0.3) is 0 Å². The number of aromatic carboxylic acids is 2. The molecule has 18 nitrogen and oxygen atoms in total. The summed E-state index contributed by atoms with van der Waals surface area (Å²) in [5.74, 6) is -4.75. The number of nitro groups is 2. The minimum atomic E-state index is -1.55. The van der Waals surface area contributed by atoms with E-state index in [-0.39, 0.29) is 26.7 Å². The second-order valence-corrected chi connectivity index (χ2v) is 2.87. The smallest absolute Gasteiger partial charge is 0.382 e. The summed E-state index contributed by atoms with van der Waals surface area (Å²) < 4.78 is 0. The Hall–Kier alpha value is -3.60. The Balaban J connectivity index is 0.000000403. The third-order valence-electron chi connectivity index (χ3n) is 1.60. The second-order valence-electron chi connectivity index (χ2n) is 2.87. The Labute approximate surface area is 132 Å². The molecular weight excluding hydrogens is 380 g/mol. The van der Waals surface area contributed by atoms with Crippen molar-refractivity contribution in [3.63, 3.8) is 0 Å². The Bertz CT molecular complexity index is 618. The van der Waals surface area contributed by atoms with E-state index in [0.29, 0.717) is 0 Å². The van der Waals surface area contributed by atoms with Gasteiger partial charge in [-0.25, -0.2) is 9.59 Å². The summed E-state index contributed by atoms with van der Waals surface area (Å²) in [5.41, 5.74) is 0. The summed E-state index contributed by atoms with van der Waals surface area (Å²) in [6, 6.07) is 0. The molecule has 23 heavy (non-hydrogen) atoms. The van der Waals surface area contributed by atoms with E-state index in [0.717, 1.165) is 0 Å². The fourth-order valence-corrected chi connectivity index (χ4v) is 0.842. The molecule has 127 valence electrons. The fourth-order valence-electron chi connectivity index (χ4n) is 0.842. The molecule has 0 saturated heterocycles. The van der Waals surface area contributed by atoms with E-state index in [1.165, 1.54) is 0 Å². The molecule has 19 heteroatoms. The van der Waals surface area contributed by atoms with Crippen molar-refractivity contribution in [2.45, 2.75) is 0 Å². The molecule has 0 fully saturated rings. The number of carboxylic acids is 2. The molecule has 0 atom stereocenters. The van der Waals surface area contributed by atoms with E-state index < -0.39 is 33.7 Å². The van der Waals surface area contributed by atoms with Crippen LogP contribution in [0.25, 0.3) is 0 Å². The number of tetrazole rings is 2. The van der Waals surface area contributed by atoms with Crippen LogP contribution in [0, 0.1) is 20.2 Å². The number of rotatable bonds is 4. The first-order valence-electron chi connectivity index (χ1n) is 4.58. The van der Waals surface area contributed by atoms with Crippen molar-refractivity contribution in [2.75, 3.05) is 0 Å². The molecule has 0 amide bonds. The molecule has 2 heterocycles. The molecular formula is C4H2CuN10O8. The number of nitrogens with zero attached hydrogens (tertiary/aromatic N) is 10. The first-order valence-corrected chi connectivity index (χ1v) is 4.58. The van der Waals surface area contributed by atoms with Crippen LogP contribution < -0.4 is 0 Å². The summed E-state index contributed by atoms with van der Waals surface area (Å²) in [4.78, 5) is 40.1. The van der Waals surface area contributed by atoms with Crippen LogP contribution in [0.2, 0.25) is 0 Å². The van der Waals surface area contributed by atoms with Crippen molar-refractivity contribution in [1.82, 2.24) is 40.6 Å². The van der Waals surface area contributed by atoms with Gasteiger partial charge in [-0.1, -0.05) is 10.2 Å². The van der Waals surface area contributed by atoms with Crippen LogP contribution in [0.3, 0.4) is 0 Å². The summed E-state index contributed by atoms with van der Waals surface area (Å²) in [6.07, 6.45) is 0. The van der Waals surface area contributed by atoms with Crippen LogP contribution in [-0.4, -0.2) is 72.8 Å². The molecule has 0 aliphatic heterocycles. The predicted octanol–water partition coefficient (Wildman–Crippen LogP) is -3.18. The average molecular weight is 382 g/mol. The van der Waals surface area contributed by atoms with E-state index in [2.05, 4.69) is 31.1 Å². The number of carboxylic acid groups (broad SMARTS) is 2. The first kappa shape index (κ1) is 19.4. The van der Waals surface area contributed by atoms with Crippen molar-refractivity contribution in [2.24, 2.45) is 0 Å². The van der Waals surface area contributed by atoms with Crippen LogP contribution in [0.15, 0.2) is 0 Å². The largest absolute Gasteiger partial charge is 0.475 e. The van der Waals surface area contributed by atoms with Crippen molar-refractivity contribution < 1.29 is 46.9 Å². The van der Waals surface area contributed by atoms with Gasteiger partial charge >= 0.3 is 23.6 Å². The predicted molar refractivity (Wildman–Crippen MR) is 54.3 cm³/mol. The van der Waals surface area contributed by atoms with Crippen molar-refractivity contribution in [3.8, 4) is 0 Å². The third kappa shape index (κ3) is 4.71. The molecule has 1 radical (unpaired) electrons. The topological polar surface area (TPSA) is 248 Å². The van der Waals surface area contributed by atoms with E-state index >= 15 is 0 Å². The van der Waals surface area contributed by atoms with Crippen molar-refractivity contribution in [3.05, 3.63) is 31.9 Å². The maximum absolute atomic E-state index is 10.1. The Morgan fingerprint density at radius 3 is 1.35 bits per heavy atom. The van der Waals surface area contributed by atoms with Gasteiger partial charge in [0.1, 0.15) is 10.4 Å². The fraction of sp³-hybridized carbons (Fsp3) is 0. The minimum Gasteiger partial charge on any atom is -0.475 e. The molecule has 0 spiro atoms. The maximum Gasteiger partial charge on any atom is 0.382 e. The van der Waals surface area contributed by atoms with Gasteiger partial charge in [0, 0.05) is 17.1 Å². The van der Waals surface area contributed by atoms with Gasteiger partial charge in [-0.2, -0.15) is 0 Å². The Morgan fingerprint density at radius 2 is 1.17 bits per heavy atom. The van der Waals surface area contributed by atoms with Gasteiger partial charge in [0.05, 0.1) is 19.6 Å². The van der Waals surface area contributed by atoms with Crippen LogP contribution in [0.1, 0.15) is 21.2 Å². The zero-order valence-corrected chi connectivity index (χ0v) is 11.1. The van der Waals surface area contributed by atoms with Crippen molar-refractivity contribution in [1.29, 1.82) is 0 Å². The molecule has 0 aliphatic rings. The summed E-state index contributed by atoms with van der Waals surface area (Å²) >= 11 is 0. The zero-order valence-electron chi connectivity index (χ0n) is 10.1. The number of hydrogen-bond donors (Lipinski definition) is 2. The van der Waals surface area contributed by atoms with E-state index in [1.807, 2.05) is 0 Å². The van der Waals surface area contributed by atoms with Crippen LogP contribution >= 0.6 is 0 Å². The van der Waals surface area contributed by atoms with Gasteiger partial charge in [0.2, 0.25) is 10.4 Å². The summed E-state index contributed by atoms with van der Waals surface area (Å²) in [5, 5.41) is 51.3. The van der Waals surface area contributed by atoms with E-state index in [9.17, 15) is 29.8 Å². The number of carbonyl (C=O) groups is 2. The normalized spacial score (nSPS) is 9.04.